The predicted octanol–water partition coefficient (Wildman–Crippen LogP) is 3.31. The van der Waals surface area contributed by atoms with Gasteiger partial charge in [-0.15, -0.1) is 0 Å². The number of rotatable bonds is 4. The molecule has 1 aromatic carbocycles. The quantitative estimate of drug-likeness (QED) is 0.868. The topological polar surface area (TPSA) is 38.1 Å². The molecule has 2 heterocycles. The Balaban J connectivity index is 1.59. The number of amides is 1. The van der Waals surface area contributed by atoms with Crippen LogP contribution in [0.3, 0.4) is 0 Å². The zero-order valence-corrected chi connectivity index (χ0v) is 13.1. The van der Waals surface area contributed by atoms with Crippen molar-refractivity contribution in [3.8, 4) is 0 Å². The highest BCUT2D eigenvalue weighted by atomic mass is 16.2. The molecule has 0 atom stereocenters. The number of benzene rings is 1. The number of likely N-dealkylation sites (tertiary alicyclic amines) is 1. The molecule has 116 valence electrons. The van der Waals surface area contributed by atoms with Crippen molar-refractivity contribution in [3.63, 3.8) is 0 Å². The molecule has 0 radical (unpaired) electrons. The Kier molecular flexibility index (Phi) is 4.56. The van der Waals surface area contributed by atoms with Crippen LogP contribution in [0.1, 0.15) is 48.1 Å². The molecule has 3 rings (SSSR count). The van der Waals surface area contributed by atoms with Crippen molar-refractivity contribution in [2.75, 3.05) is 13.1 Å². The number of nitrogens with zero attached hydrogens (tertiary/aromatic N) is 3. The van der Waals surface area contributed by atoms with Gasteiger partial charge in [0.1, 0.15) is 0 Å². The van der Waals surface area contributed by atoms with Crippen molar-refractivity contribution < 1.29 is 4.79 Å². The third-order valence-electron chi connectivity index (χ3n) is 4.44. The number of carbonyl (C=O) groups is 1. The molecule has 1 aliphatic heterocycles. The third-order valence-corrected chi connectivity index (χ3v) is 4.44. The molecule has 0 unspecified atom stereocenters. The van der Waals surface area contributed by atoms with E-state index in [-0.39, 0.29) is 5.91 Å². The number of carbonyl (C=O) groups excluding carboxylic acids is 1. The normalized spacial score (nSPS) is 16.0. The Morgan fingerprint density at radius 2 is 1.95 bits per heavy atom. The lowest BCUT2D eigenvalue weighted by molar-refractivity contribution is 0.0694. The van der Waals surface area contributed by atoms with Gasteiger partial charge in [0.15, 0.2) is 0 Å². The first-order valence-corrected chi connectivity index (χ1v) is 8.13. The second-order valence-electron chi connectivity index (χ2n) is 5.98. The zero-order chi connectivity index (χ0) is 15.4. The molecule has 22 heavy (non-hydrogen) atoms. The molecule has 0 spiro atoms. The van der Waals surface area contributed by atoms with Crippen molar-refractivity contribution in [3.05, 3.63) is 54.1 Å². The van der Waals surface area contributed by atoms with Gasteiger partial charge >= 0.3 is 0 Å². The van der Waals surface area contributed by atoms with E-state index in [1.807, 2.05) is 35.8 Å². The van der Waals surface area contributed by atoms with Crippen LogP contribution in [0.2, 0.25) is 0 Å². The summed E-state index contributed by atoms with van der Waals surface area (Å²) in [5.41, 5.74) is 2.11. The molecule has 1 amide bonds. The summed E-state index contributed by atoms with van der Waals surface area (Å²) in [4.78, 5) is 18.6. The van der Waals surface area contributed by atoms with Crippen LogP contribution in [0.5, 0.6) is 0 Å². The average molecular weight is 297 g/mol. The Hall–Kier alpha value is -2.10. The molecule has 0 bridgehead atoms. The summed E-state index contributed by atoms with van der Waals surface area (Å²) in [6, 6.07) is 8.56. The minimum atomic E-state index is 0.159. The van der Waals surface area contributed by atoms with Crippen molar-refractivity contribution in [1.82, 2.24) is 14.5 Å². The summed E-state index contributed by atoms with van der Waals surface area (Å²) in [6.07, 6.45) is 9.89. The van der Waals surface area contributed by atoms with E-state index in [1.54, 1.807) is 0 Å². The Bertz CT molecular complexity index is 596. The van der Waals surface area contributed by atoms with E-state index in [9.17, 15) is 4.79 Å². The molecule has 0 aliphatic carbocycles. The van der Waals surface area contributed by atoms with Gasteiger partial charge in [-0.25, -0.2) is 4.98 Å². The second kappa shape index (κ2) is 6.77. The van der Waals surface area contributed by atoms with Crippen LogP contribution in [0, 0.1) is 0 Å². The van der Waals surface area contributed by atoms with E-state index in [0.29, 0.717) is 6.04 Å². The highest BCUT2D eigenvalue weighted by Gasteiger charge is 2.24. The van der Waals surface area contributed by atoms with Gasteiger partial charge < -0.3 is 9.47 Å². The molecule has 1 aliphatic rings. The second-order valence-corrected chi connectivity index (χ2v) is 5.98. The van der Waals surface area contributed by atoms with Gasteiger partial charge in [0.2, 0.25) is 0 Å². The summed E-state index contributed by atoms with van der Waals surface area (Å²) in [5, 5.41) is 0. The molecule has 1 aromatic heterocycles. The Labute approximate surface area is 131 Å². The number of imidazole rings is 1. The minimum absolute atomic E-state index is 0.159. The summed E-state index contributed by atoms with van der Waals surface area (Å²) in [7, 11) is 0. The molecule has 0 saturated carbocycles. The fraction of sp³-hybridized carbons (Fsp3) is 0.444. The maximum absolute atomic E-state index is 12.6. The van der Waals surface area contributed by atoms with E-state index in [0.717, 1.165) is 44.3 Å². The lowest BCUT2D eigenvalue weighted by Gasteiger charge is -2.32. The van der Waals surface area contributed by atoms with Gasteiger partial charge in [0, 0.05) is 37.1 Å². The molecule has 2 aromatic rings. The molecule has 0 N–H and O–H groups in total. The van der Waals surface area contributed by atoms with Gasteiger partial charge in [-0.2, -0.15) is 0 Å². The summed E-state index contributed by atoms with van der Waals surface area (Å²) >= 11 is 0. The van der Waals surface area contributed by atoms with Crippen LogP contribution in [0.25, 0.3) is 0 Å². The third kappa shape index (κ3) is 3.21. The number of hydrogen-bond donors (Lipinski definition) is 0. The SMILES string of the molecule is CCCc1ccc(C(=O)N2CCC(n3ccnc3)CC2)cc1. The maximum Gasteiger partial charge on any atom is 0.253 e. The van der Waals surface area contributed by atoms with E-state index in [2.05, 4.69) is 28.6 Å². The smallest absolute Gasteiger partial charge is 0.253 e. The fourth-order valence-corrected chi connectivity index (χ4v) is 3.14. The van der Waals surface area contributed by atoms with Crippen LogP contribution in [0.15, 0.2) is 43.0 Å². The molecule has 1 fully saturated rings. The molecular weight excluding hydrogens is 274 g/mol. The van der Waals surface area contributed by atoms with Gasteiger partial charge in [-0.05, 0) is 37.0 Å². The largest absolute Gasteiger partial charge is 0.338 e. The molecule has 4 nitrogen and oxygen atoms in total. The summed E-state index contributed by atoms with van der Waals surface area (Å²) < 4.78 is 2.15. The highest BCUT2D eigenvalue weighted by molar-refractivity contribution is 5.94. The number of aryl methyl sites for hydroxylation is 1. The van der Waals surface area contributed by atoms with Crippen LogP contribution in [-0.2, 0) is 6.42 Å². The van der Waals surface area contributed by atoms with Crippen molar-refractivity contribution in [1.29, 1.82) is 0 Å². The van der Waals surface area contributed by atoms with Gasteiger partial charge in [0.25, 0.3) is 5.91 Å². The van der Waals surface area contributed by atoms with Crippen LogP contribution >= 0.6 is 0 Å². The number of aromatic nitrogens is 2. The average Bonchev–Trinajstić information content (AvgIpc) is 3.10. The van der Waals surface area contributed by atoms with E-state index >= 15 is 0 Å². The van der Waals surface area contributed by atoms with E-state index in [1.165, 1.54) is 5.56 Å². The van der Waals surface area contributed by atoms with Crippen molar-refractivity contribution >= 4 is 5.91 Å². The molecular formula is C18H23N3O. The molecule has 1 saturated heterocycles. The lowest BCUT2D eigenvalue weighted by atomic mass is 10.0. The zero-order valence-electron chi connectivity index (χ0n) is 13.1. The first kappa shape index (κ1) is 14.8. The maximum atomic E-state index is 12.6. The Morgan fingerprint density at radius 3 is 2.55 bits per heavy atom. The standard InChI is InChI=1S/C18H23N3O/c1-2-3-15-4-6-16(7-5-15)18(22)20-11-8-17(9-12-20)21-13-10-19-14-21/h4-7,10,13-14,17H,2-3,8-9,11-12H2,1H3. The van der Waals surface area contributed by atoms with Crippen LogP contribution < -0.4 is 0 Å². The highest BCUT2D eigenvalue weighted by Crippen LogP contribution is 2.23. The van der Waals surface area contributed by atoms with Crippen molar-refractivity contribution in [2.45, 2.75) is 38.6 Å². The summed E-state index contributed by atoms with van der Waals surface area (Å²) in [5.74, 6) is 0.159. The fourth-order valence-electron chi connectivity index (χ4n) is 3.14. The lowest BCUT2D eigenvalue weighted by Crippen LogP contribution is -2.38. The predicted molar refractivity (Wildman–Crippen MR) is 86.8 cm³/mol. The van der Waals surface area contributed by atoms with E-state index < -0.39 is 0 Å². The van der Waals surface area contributed by atoms with Gasteiger partial charge in [-0.1, -0.05) is 25.5 Å². The summed E-state index contributed by atoms with van der Waals surface area (Å²) in [6.45, 7) is 3.81. The van der Waals surface area contributed by atoms with Crippen LogP contribution in [-0.4, -0.2) is 33.4 Å². The first-order chi connectivity index (χ1) is 10.8. The van der Waals surface area contributed by atoms with Crippen molar-refractivity contribution in [2.24, 2.45) is 0 Å². The minimum Gasteiger partial charge on any atom is -0.338 e. The number of hydrogen-bond acceptors (Lipinski definition) is 2. The van der Waals surface area contributed by atoms with Crippen LogP contribution in [0.4, 0.5) is 0 Å². The molecule has 4 heteroatoms. The van der Waals surface area contributed by atoms with E-state index in [4.69, 9.17) is 0 Å². The van der Waals surface area contributed by atoms with Gasteiger partial charge in [0.05, 0.1) is 6.33 Å². The monoisotopic (exact) mass is 297 g/mol. The first-order valence-electron chi connectivity index (χ1n) is 8.13. The Morgan fingerprint density at radius 1 is 1.23 bits per heavy atom. The van der Waals surface area contributed by atoms with Gasteiger partial charge in [-0.3, -0.25) is 4.79 Å². The number of piperidine rings is 1.